The minimum Gasteiger partial charge on any atom is -0.272 e. The molecule has 2 aliphatic heterocycles. The maximum Gasteiger partial charge on any atom is 0.255 e. The van der Waals surface area contributed by atoms with Crippen molar-refractivity contribution in [1.82, 2.24) is 4.90 Å². The average molecular weight is 135 g/mol. The number of carbonyl (C=O) groups excluding carboxylic acids is 1. The highest BCUT2D eigenvalue weighted by atomic mass is 16.2. The molecule has 0 aromatic carbocycles. The van der Waals surface area contributed by atoms with Crippen LogP contribution in [0.5, 0.6) is 0 Å². The van der Waals surface area contributed by atoms with Crippen LogP contribution in [0.15, 0.2) is 22.3 Å². The molecule has 50 valence electrons. The number of nitrogens with zero attached hydrogens (tertiary/aromatic N) is 3. The van der Waals surface area contributed by atoms with E-state index in [1.54, 1.807) is 18.5 Å². The van der Waals surface area contributed by atoms with Crippen molar-refractivity contribution in [3.05, 3.63) is 12.3 Å². The van der Waals surface area contributed by atoms with Gasteiger partial charge in [0.25, 0.3) is 5.91 Å². The van der Waals surface area contributed by atoms with Crippen molar-refractivity contribution in [2.75, 3.05) is 6.54 Å². The normalized spacial score (nSPS) is 21.4. The second kappa shape index (κ2) is 1.76. The third-order valence-electron chi connectivity index (χ3n) is 1.35. The molecular weight excluding hydrogens is 130 g/mol. The van der Waals surface area contributed by atoms with Crippen molar-refractivity contribution in [2.24, 2.45) is 9.98 Å². The number of rotatable bonds is 0. The SMILES string of the molecule is O=C1CN=C2N=CC=CN12. The van der Waals surface area contributed by atoms with Gasteiger partial charge in [-0.2, -0.15) is 0 Å². The van der Waals surface area contributed by atoms with E-state index in [2.05, 4.69) is 9.98 Å². The molecule has 0 saturated heterocycles. The molecule has 2 heterocycles. The Bertz CT molecular complexity index is 264. The highest BCUT2D eigenvalue weighted by Crippen LogP contribution is 2.07. The van der Waals surface area contributed by atoms with Gasteiger partial charge in [-0.15, -0.1) is 0 Å². The third kappa shape index (κ3) is 0.586. The molecule has 4 heteroatoms. The van der Waals surface area contributed by atoms with Gasteiger partial charge in [-0.3, -0.25) is 9.69 Å². The molecule has 0 bridgehead atoms. The summed E-state index contributed by atoms with van der Waals surface area (Å²) >= 11 is 0. The zero-order valence-corrected chi connectivity index (χ0v) is 5.19. The van der Waals surface area contributed by atoms with Crippen LogP contribution in [0.3, 0.4) is 0 Å². The fraction of sp³-hybridized carbons (Fsp3) is 0.167. The van der Waals surface area contributed by atoms with Crippen molar-refractivity contribution in [1.29, 1.82) is 0 Å². The number of fused-ring (bicyclic) bond motifs is 1. The van der Waals surface area contributed by atoms with Crippen LogP contribution in [0, 0.1) is 0 Å². The molecular formula is C6H5N3O. The number of allylic oxidation sites excluding steroid dienone is 1. The molecule has 1 amide bonds. The molecule has 0 N–H and O–H groups in total. The summed E-state index contributed by atoms with van der Waals surface area (Å²) in [6, 6.07) is 0. The molecule has 0 aromatic rings. The van der Waals surface area contributed by atoms with Gasteiger partial charge < -0.3 is 0 Å². The minimum absolute atomic E-state index is 0.0110. The van der Waals surface area contributed by atoms with Crippen molar-refractivity contribution in [3.63, 3.8) is 0 Å². The summed E-state index contributed by atoms with van der Waals surface area (Å²) in [6.45, 7) is 0.233. The lowest BCUT2D eigenvalue weighted by Crippen LogP contribution is -2.27. The first kappa shape index (κ1) is 5.34. The highest BCUT2D eigenvalue weighted by molar-refractivity contribution is 6.08. The topological polar surface area (TPSA) is 45.0 Å². The Morgan fingerprint density at radius 1 is 1.60 bits per heavy atom. The van der Waals surface area contributed by atoms with Gasteiger partial charge in [-0.1, -0.05) is 0 Å². The first-order valence-corrected chi connectivity index (χ1v) is 2.95. The molecule has 2 aliphatic rings. The Morgan fingerprint density at radius 3 is 3.30 bits per heavy atom. The number of amides is 1. The van der Waals surface area contributed by atoms with Gasteiger partial charge in [-0.05, 0) is 6.08 Å². The van der Waals surface area contributed by atoms with E-state index in [1.165, 1.54) is 4.90 Å². The van der Waals surface area contributed by atoms with Crippen molar-refractivity contribution >= 4 is 18.1 Å². The Kier molecular flexibility index (Phi) is 0.943. The first-order valence-electron chi connectivity index (χ1n) is 2.95. The Hall–Kier alpha value is -1.45. The number of carbonyl (C=O) groups is 1. The minimum atomic E-state index is -0.0110. The van der Waals surface area contributed by atoms with Crippen molar-refractivity contribution < 1.29 is 4.79 Å². The predicted molar refractivity (Wildman–Crippen MR) is 36.8 cm³/mol. The molecule has 0 radical (unpaired) electrons. The smallest absolute Gasteiger partial charge is 0.255 e. The standard InChI is InChI=1S/C6H5N3O/c10-5-4-8-6-7-2-1-3-9(5)6/h1-3H,4H2. The van der Waals surface area contributed by atoms with E-state index in [1.807, 2.05) is 0 Å². The summed E-state index contributed by atoms with van der Waals surface area (Å²) in [4.78, 5) is 20.1. The quantitative estimate of drug-likeness (QED) is 0.453. The highest BCUT2D eigenvalue weighted by Gasteiger charge is 2.23. The molecule has 10 heavy (non-hydrogen) atoms. The molecule has 4 nitrogen and oxygen atoms in total. The van der Waals surface area contributed by atoms with Gasteiger partial charge >= 0.3 is 0 Å². The van der Waals surface area contributed by atoms with Crippen LogP contribution in [0.2, 0.25) is 0 Å². The zero-order chi connectivity index (χ0) is 6.97. The summed E-state index contributed by atoms with van der Waals surface area (Å²) in [5.41, 5.74) is 0. The van der Waals surface area contributed by atoms with Crippen LogP contribution in [0.4, 0.5) is 0 Å². The Balaban J connectivity index is 2.39. The number of hydrogen-bond acceptors (Lipinski definition) is 3. The zero-order valence-electron chi connectivity index (χ0n) is 5.19. The molecule has 0 atom stereocenters. The number of guanidine groups is 1. The molecule has 0 spiro atoms. The Labute approximate surface area is 57.6 Å². The maximum absolute atomic E-state index is 10.9. The summed E-state index contributed by atoms with van der Waals surface area (Å²) in [5, 5.41) is 0. The van der Waals surface area contributed by atoms with E-state index in [-0.39, 0.29) is 12.5 Å². The van der Waals surface area contributed by atoms with E-state index in [0.29, 0.717) is 5.96 Å². The van der Waals surface area contributed by atoms with Crippen molar-refractivity contribution in [3.8, 4) is 0 Å². The second-order valence-electron chi connectivity index (χ2n) is 2.00. The van der Waals surface area contributed by atoms with Crippen LogP contribution < -0.4 is 0 Å². The average Bonchev–Trinajstić information content (AvgIpc) is 2.34. The second-order valence-corrected chi connectivity index (χ2v) is 2.00. The molecule has 0 unspecified atom stereocenters. The van der Waals surface area contributed by atoms with Gasteiger partial charge in [0.1, 0.15) is 6.54 Å². The van der Waals surface area contributed by atoms with E-state index < -0.39 is 0 Å². The van der Waals surface area contributed by atoms with E-state index in [0.717, 1.165) is 0 Å². The van der Waals surface area contributed by atoms with E-state index >= 15 is 0 Å². The summed E-state index contributed by atoms with van der Waals surface area (Å²) < 4.78 is 0. The van der Waals surface area contributed by atoms with Crippen LogP contribution in [-0.4, -0.2) is 29.5 Å². The number of aliphatic imine (C=N–C) groups is 2. The molecule has 2 rings (SSSR count). The van der Waals surface area contributed by atoms with Gasteiger partial charge in [-0.25, -0.2) is 9.98 Å². The molecule has 0 aliphatic carbocycles. The lowest BCUT2D eigenvalue weighted by atomic mass is 10.5. The number of hydrogen-bond donors (Lipinski definition) is 0. The van der Waals surface area contributed by atoms with E-state index in [9.17, 15) is 4.79 Å². The first-order chi connectivity index (χ1) is 4.88. The molecule has 0 saturated carbocycles. The third-order valence-corrected chi connectivity index (χ3v) is 1.35. The van der Waals surface area contributed by atoms with Gasteiger partial charge in [0, 0.05) is 12.4 Å². The van der Waals surface area contributed by atoms with Crippen molar-refractivity contribution in [2.45, 2.75) is 0 Å². The largest absolute Gasteiger partial charge is 0.272 e. The summed E-state index contributed by atoms with van der Waals surface area (Å²) in [5.74, 6) is 0.496. The summed E-state index contributed by atoms with van der Waals surface area (Å²) in [6.07, 6.45) is 5.00. The van der Waals surface area contributed by atoms with Crippen LogP contribution >= 0.6 is 0 Å². The fourth-order valence-corrected chi connectivity index (χ4v) is 0.889. The lowest BCUT2D eigenvalue weighted by molar-refractivity contribution is -0.123. The van der Waals surface area contributed by atoms with Gasteiger partial charge in [0.05, 0.1) is 0 Å². The van der Waals surface area contributed by atoms with Gasteiger partial charge in [0.2, 0.25) is 5.96 Å². The maximum atomic E-state index is 10.9. The predicted octanol–water partition coefficient (Wildman–Crippen LogP) is -0.217. The van der Waals surface area contributed by atoms with Gasteiger partial charge in [0.15, 0.2) is 0 Å². The van der Waals surface area contributed by atoms with Crippen LogP contribution in [0.1, 0.15) is 0 Å². The molecule has 0 aromatic heterocycles. The van der Waals surface area contributed by atoms with Crippen LogP contribution in [0.25, 0.3) is 0 Å². The van der Waals surface area contributed by atoms with Crippen LogP contribution in [-0.2, 0) is 4.79 Å². The monoisotopic (exact) mass is 135 g/mol. The lowest BCUT2D eigenvalue weighted by Gasteiger charge is -2.10. The molecule has 0 fully saturated rings. The summed E-state index contributed by atoms with van der Waals surface area (Å²) in [7, 11) is 0. The Morgan fingerprint density at radius 2 is 2.50 bits per heavy atom. The van der Waals surface area contributed by atoms with E-state index in [4.69, 9.17) is 0 Å². The fourth-order valence-electron chi connectivity index (χ4n) is 0.889.